The number of nitro benzene ring substituents is 1. The fourth-order valence-electron chi connectivity index (χ4n) is 1.84. The Bertz CT molecular complexity index is 679. The van der Waals surface area contributed by atoms with Crippen LogP contribution in [0.25, 0.3) is 0 Å². The maximum Gasteiger partial charge on any atom is 0.273 e. The molecule has 0 aliphatic carbocycles. The number of rotatable bonds is 5. The largest absolute Gasteiger partial charge is 0.385 e. The lowest BCUT2D eigenvalue weighted by atomic mass is 10.2. The fourth-order valence-corrected chi connectivity index (χ4v) is 2.02. The van der Waals surface area contributed by atoms with Crippen LogP contribution >= 0.6 is 11.6 Å². The van der Waals surface area contributed by atoms with Gasteiger partial charge in [0.25, 0.3) is 5.69 Å². The molecule has 5 nitrogen and oxygen atoms in total. The second kappa shape index (κ2) is 6.41. The highest BCUT2D eigenvalue weighted by Gasteiger charge is 2.11. The number of benzene rings is 2. The van der Waals surface area contributed by atoms with Crippen LogP contribution in [0.1, 0.15) is 6.92 Å². The number of nitrogens with one attached hydrogen (secondary N) is 2. The number of halogens is 2. The molecule has 0 saturated heterocycles. The van der Waals surface area contributed by atoms with Crippen LogP contribution in [0.15, 0.2) is 36.4 Å². The Balaban J connectivity index is 2.38. The van der Waals surface area contributed by atoms with Crippen molar-refractivity contribution < 1.29 is 9.31 Å². The lowest BCUT2D eigenvalue weighted by molar-refractivity contribution is -0.384. The third-order valence-electron chi connectivity index (χ3n) is 2.72. The van der Waals surface area contributed by atoms with Crippen LogP contribution in [0, 0.1) is 15.9 Å². The van der Waals surface area contributed by atoms with Gasteiger partial charge in [-0.1, -0.05) is 11.6 Å². The summed E-state index contributed by atoms with van der Waals surface area (Å²) in [6.45, 7) is 2.49. The smallest absolute Gasteiger partial charge is 0.273 e. The molecule has 0 fully saturated rings. The molecule has 0 unspecified atom stereocenters. The molecular formula is C14H13ClFN3O2. The summed E-state index contributed by atoms with van der Waals surface area (Å²) in [5.41, 5.74) is 1.06. The number of nitrogens with zero attached hydrogens (tertiary/aromatic N) is 1. The zero-order chi connectivity index (χ0) is 15.4. The van der Waals surface area contributed by atoms with Gasteiger partial charge in [-0.3, -0.25) is 10.1 Å². The predicted octanol–water partition coefficient (Wildman–Crippen LogP) is 4.56. The summed E-state index contributed by atoms with van der Waals surface area (Å²) in [5.74, 6) is -0.490. The summed E-state index contributed by atoms with van der Waals surface area (Å²) < 4.78 is 13.7. The molecule has 0 radical (unpaired) electrons. The molecule has 0 spiro atoms. The van der Waals surface area contributed by atoms with Gasteiger partial charge < -0.3 is 10.6 Å². The van der Waals surface area contributed by atoms with Crippen LogP contribution in [0.3, 0.4) is 0 Å². The van der Waals surface area contributed by atoms with E-state index in [1.165, 1.54) is 30.3 Å². The molecule has 0 bridgehead atoms. The summed E-state index contributed by atoms with van der Waals surface area (Å²) in [5, 5.41) is 17.1. The SMILES string of the molecule is CCNc1cc(Nc2cc(Cl)ccc2F)cc([N+](=O)[O-])c1. The highest BCUT2D eigenvalue weighted by atomic mass is 35.5. The highest BCUT2D eigenvalue weighted by molar-refractivity contribution is 6.30. The monoisotopic (exact) mass is 309 g/mol. The van der Waals surface area contributed by atoms with Gasteiger partial charge in [0.2, 0.25) is 0 Å². The van der Waals surface area contributed by atoms with Crippen LogP contribution in [0.2, 0.25) is 5.02 Å². The first-order valence-electron chi connectivity index (χ1n) is 6.25. The van der Waals surface area contributed by atoms with Crippen molar-refractivity contribution in [2.75, 3.05) is 17.2 Å². The molecule has 0 amide bonds. The predicted molar refractivity (Wildman–Crippen MR) is 82.0 cm³/mol. The average Bonchev–Trinajstić information content (AvgIpc) is 2.43. The van der Waals surface area contributed by atoms with E-state index < -0.39 is 10.7 Å². The summed E-state index contributed by atoms with van der Waals surface area (Å²) in [4.78, 5) is 10.4. The minimum Gasteiger partial charge on any atom is -0.385 e. The molecule has 0 aliphatic rings. The minimum absolute atomic E-state index is 0.0848. The minimum atomic E-state index is -0.500. The summed E-state index contributed by atoms with van der Waals surface area (Å²) in [7, 11) is 0. The lowest BCUT2D eigenvalue weighted by Crippen LogP contribution is -2.00. The van der Waals surface area contributed by atoms with Crippen molar-refractivity contribution in [3.63, 3.8) is 0 Å². The van der Waals surface area contributed by atoms with E-state index in [4.69, 9.17) is 11.6 Å². The molecular weight excluding hydrogens is 297 g/mol. The van der Waals surface area contributed by atoms with Gasteiger partial charge >= 0.3 is 0 Å². The van der Waals surface area contributed by atoms with Crippen LogP contribution in [0.4, 0.5) is 27.1 Å². The van der Waals surface area contributed by atoms with Gasteiger partial charge in [0, 0.05) is 35.1 Å². The second-order valence-corrected chi connectivity index (χ2v) is 4.74. The quantitative estimate of drug-likeness (QED) is 0.627. The standard InChI is InChI=1S/C14H13ClFN3O2/c1-2-17-10-6-11(8-12(7-10)19(20)21)18-14-5-9(15)3-4-13(14)16/h3-8,17-18H,2H2,1H3. The number of nitro groups is 1. The van der Waals surface area contributed by atoms with Crippen molar-refractivity contribution in [2.45, 2.75) is 6.92 Å². The van der Waals surface area contributed by atoms with Gasteiger partial charge in [0.05, 0.1) is 10.6 Å². The van der Waals surface area contributed by atoms with Crippen molar-refractivity contribution >= 4 is 34.4 Å². The zero-order valence-corrected chi connectivity index (χ0v) is 11.9. The Morgan fingerprint density at radius 3 is 2.62 bits per heavy atom. The van der Waals surface area contributed by atoms with Crippen molar-refractivity contribution in [3.05, 3.63) is 57.4 Å². The van der Waals surface area contributed by atoms with Crippen LogP contribution < -0.4 is 10.6 Å². The Morgan fingerprint density at radius 1 is 1.24 bits per heavy atom. The van der Waals surface area contributed by atoms with Gasteiger partial charge in [-0.15, -0.1) is 0 Å². The van der Waals surface area contributed by atoms with Gasteiger partial charge in [0.1, 0.15) is 5.82 Å². The van der Waals surface area contributed by atoms with E-state index in [1.807, 2.05) is 6.92 Å². The molecule has 110 valence electrons. The fraction of sp³-hybridized carbons (Fsp3) is 0.143. The maximum atomic E-state index is 13.7. The highest BCUT2D eigenvalue weighted by Crippen LogP contribution is 2.29. The molecule has 7 heteroatoms. The van der Waals surface area contributed by atoms with E-state index in [9.17, 15) is 14.5 Å². The third kappa shape index (κ3) is 3.82. The molecule has 0 heterocycles. The molecule has 21 heavy (non-hydrogen) atoms. The maximum absolute atomic E-state index is 13.7. The molecule has 2 aromatic rings. The Morgan fingerprint density at radius 2 is 1.95 bits per heavy atom. The van der Waals surface area contributed by atoms with Gasteiger partial charge in [0.15, 0.2) is 0 Å². The Labute approximate surface area is 125 Å². The van der Waals surface area contributed by atoms with Crippen LogP contribution in [0.5, 0.6) is 0 Å². The molecule has 0 saturated carbocycles. The van der Waals surface area contributed by atoms with E-state index in [2.05, 4.69) is 10.6 Å². The van der Waals surface area contributed by atoms with E-state index in [0.717, 1.165) is 0 Å². The molecule has 2 aromatic carbocycles. The number of non-ortho nitro benzene ring substituents is 1. The number of anilines is 3. The number of hydrogen-bond donors (Lipinski definition) is 2. The van der Waals surface area contributed by atoms with E-state index in [0.29, 0.717) is 22.9 Å². The molecule has 2 rings (SSSR count). The first-order chi connectivity index (χ1) is 9.99. The van der Waals surface area contributed by atoms with E-state index >= 15 is 0 Å². The molecule has 0 aromatic heterocycles. The zero-order valence-electron chi connectivity index (χ0n) is 11.2. The van der Waals surface area contributed by atoms with Gasteiger partial charge in [-0.05, 0) is 31.2 Å². The van der Waals surface area contributed by atoms with Crippen molar-refractivity contribution in [2.24, 2.45) is 0 Å². The topological polar surface area (TPSA) is 67.2 Å². The summed E-state index contributed by atoms with van der Waals surface area (Å²) >= 11 is 5.82. The van der Waals surface area contributed by atoms with Crippen LogP contribution in [-0.4, -0.2) is 11.5 Å². The normalized spacial score (nSPS) is 10.2. The second-order valence-electron chi connectivity index (χ2n) is 4.31. The van der Waals surface area contributed by atoms with E-state index in [-0.39, 0.29) is 11.4 Å². The van der Waals surface area contributed by atoms with E-state index in [1.54, 1.807) is 6.07 Å². The Hall–Kier alpha value is -2.34. The van der Waals surface area contributed by atoms with Gasteiger partial charge in [-0.25, -0.2) is 4.39 Å². The first kappa shape index (κ1) is 15.1. The van der Waals surface area contributed by atoms with Crippen LogP contribution in [-0.2, 0) is 0 Å². The first-order valence-corrected chi connectivity index (χ1v) is 6.63. The number of hydrogen-bond acceptors (Lipinski definition) is 4. The Kier molecular flexibility index (Phi) is 4.59. The average molecular weight is 310 g/mol. The van der Waals surface area contributed by atoms with Crippen molar-refractivity contribution in [1.82, 2.24) is 0 Å². The lowest BCUT2D eigenvalue weighted by Gasteiger charge is -2.10. The third-order valence-corrected chi connectivity index (χ3v) is 2.95. The molecule has 0 aliphatic heterocycles. The summed E-state index contributed by atoms with van der Waals surface area (Å²) in [6, 6.07) is 8.50. The van der Waals surface area contributed by atoms with Crippen molar-refractivity contribution in [3.8, 4) is 0 Å². The van der Waals surface area contributed by atoms with Crippen molar-refractivity contribution in [1.29, 1.82) is 0 Å². The molecule has 0 atom stereocenters. The van der Waals surface area contributed by atoms with Gasteiger partial charge in [-0.2, -0.15) is 0 Å². The molecule has 2 N–H and O–H groups in total. The summed E-state index contributed by atoms with van der Waals surface area (Å²) in [6.07, 6.45) is 0.